The van der Waals surface area contributed by atoms with Crippen LogP contribution in [0.5, 0.6) is 0 Å². The van der Waals surface area contributed by atoms with Crippen LogP contribution >= 0.6 is 43.2 Å². The van der Waals surface area contributed by atoms with E-state index < -0.39 is 4.92 Å². The van der Waals surface area contributed by atoms with Gasteiger partial charge in [0.15, 0.2) is 0 Å². The zero-order valence-electron chi connectivity index (χ0n) is 9.89. The molecule has 0 aliphatic heterocycles. The number of rotatable bonds is 4. The highest BCUT2D eigenvalue weighted by Crippen LogP contribution is 2.31. The van der Waals surface area contributed by atoms with Gasteiger partial charge in [-0.1, -0.05) is 0 Å². The van der Waals surface area contributed by atoms with Crippen LogP contribution < -0.4 is 5.32 Å². The summed E-state index contributed by atoms with van der Waals surface area (Å²) in [5.74, 6) is 0. The highest BCUT2D eigenvalue weighted by molar-refractivity contribution is 9.10. The van der Waals surface area contributed by atoms with Crippen LogP contribution in [0.3, 0.4) is 0 Å². The first-order valence-electron chi connectivity index (χ1n) is 5.42. The number of nitro benzene ring substituents is 1. The Morgan fingerprint density at radius 2 is 2.11 bits per heavy atom. The Morgan fingerprint density at radius 3 is 2.68 bits per heavy atom. The monoisotopic (exact) mass is 404 g/mol. The molecule has 4 nitrogen and oxygen atoms in total. The lowest BCUT2D eigenvalue weighted by molar-refractivity contribution is -0.385. The summed E-state index contributed by atoms with van der Waals surface area (Å²) in [5, 5.41) is 16.1. The topological polar surface area (TPSA) is 55.2 Å². The summed E-state index contributed by atoms with van der Waals surface area (Å²) >= 11 is 8.22. The van der Waals surface area contributed by atoms with Gasteiger partial charge < -0.3 is 5.32 Å². The molecule has 1 N–H and O–H groups in total. The number of halogens is 2. The lowest BCUT2D eigenvalue weighted by Crippen LogP contribution is -2.05. The first kappa shape index (κ1) is 14.5. The van der Waals surface area contributed by atoms with Gasteiger partial charge in [0.1, 0.15) is 0 Å². The van der Waals surface area contributed by atoms with Crippen LogP contribution in [0, 0.1) is 10.1 Å². The van der Waals surface area contributed by atoms with Crippen molar-refractivity contribution in [3.8, 4) is 0 Å². The predicted molar refractivity (Wildman–Crippen MR) is 84.9 cm³/mol. The largest absolute Gasteiger partial charge is 0.378 e. The SMILES string of the molecule is CC(Nc1ccc(Br)c([N+](=O)[O-])c1)c1cc(Br)cs1. The lowest BCUT2D eigenvalue weighted by atomic mass is 10.2. The summed E-state index contributed by atoms with van der Waals surface area (Å²) < 4.78 is 1.53. The van der Waals surface area contributed by atoms with E-state index in [-0.39, 0.29) is 11.7 Å². The molecule has 0 spiro atoms. The number of hydrogen-bond acceptors (Lipinski definition) is 4. The van der Waals surface area contributed by atoms with E-state index in [9.17, 15) is 10.1 Å². The molecule has 0 bridgehead atoms. The number of hydrogen-bond donors (Lipinski definition) is 1. The molecule has 0 saturated carbocycles. The van der Waals surface area contributed by atoms with Crippen LogP contribution in [0.1, 0.15) is 17.8 Å². The molecule has 100 valence electrons. The summed E-state index contributed by atoms with van der Waals surface area (Å²) in [6.07, 6.45) is 0. The molecule has 0 fully saturated rings. The van der Waals surface area contributed by atoms with Crippen molar-refractivity contribution in [2.24, 2.45) is 0 Å². The molecule has 19 heavy (non-hydrogen) atoms. The van der Waals surface area contributed by atoms with Gasteiger partial charge in [0, 0.05) is 26.5 Å². The first-order valence-corrected chi connectivity index (χ1v) is 7.88. The molecule has 2 aromatic rings. The molecule has 0 amide bonds. The van der Waals surface area contributed by atoms with Crippen LogP contribution in [-0.4, -0.2) is 4.92 Å². The van der Waals surface area contributed by atoms with Gasteiger partial charge >= 0.3 is 0 Å². The van der Waals surface area contributed by atoms with Gasteiger partial charge in [0.25, 0.3) is 5.69 Å². The van der Waals surface area contributed by atoms with Crippen molar-refractivity contribution < 1.29 is 4.92 Å². The number of benzene rings is 1. The molecule has 0 aliphatic carbocycles. The minimum absolute atomic E-state index is 0.0598. The molecule has 1 aromatic carbocycles. The quantitative estimate of drug-likeness (QED) is 0.550. The predicted octanol–water partition coefficient (Wildman–Crippen LogP) is 5.35. The van der Waals surface area contributed by atoms with E-state index in [0.29, 0.717) is 4.47 Å². The Hall–Kier alpha value is -0.920. The molecule has 2 rings (SSSR count). The summed E-state index contributed by atoms with van der Waals surface area (Å²) in [5.41, 5.74) is 0.788. The van der Waals surface area contributed by atoms with Crippen LogP contribution in [0.25, 0.3) is 0 Å². The molecule has 0 radical (unpaired) electrons. The lowest BCUT2D eigenvalue weighted by Gasteiger charge is -2.13. The maximum atomic E-state index is 10.9. The highest BCUT2D eigenvalue weighted by Gasteiger charge is 2.14. The maximum Gasteiger partial charge on any atom is 0.285 e. The van der Waals surface area contributed by atoms with Gasteiger partial charge in [-0.15, -0.1) is 11.3 Å². The van der Waals surface area contributed by atoms with Crippen molar-refractivity contribution in [3.63, 3.8) is 0 Å². The Morgan fingerprint density at radius 1 is 1.37 bits per heavy atom. The summed E-state index contributed by atoms with van der Waals surface area (Å²) in [6, 6.07) is 7.16. The number of thiophene rings is 1. The van der Waals surface area contributed by atoms with Gasteiger partial charge in [-0.3, -0.25) is 10.1 Å². The fourth-order valence-corrected chi connectivity index (χ4v) is 3.46. The Balaban J connectivity index is 2.19. The van der Waals surface area contributed by atoms with Gasteiger partial charge in [0.05, 0.1) is 15.4 Å². The van der Waals surface area contributed by atoms with Crippen molar-refractivity contribution >= 4 is 54.6 Å². The fraction of sp³-hybridized carbons (Fsp3) is 0.167. The Bertz CT molecular complexity index is 616. The highest BCUT2D eigenvalue weighted by atomic mass is 79.9. The minimum Gasteiger partial charge on any atom is -0.378 e. The van der Waals surface area contributed by atoms with Crippen molar-refractivity contribution in [2.45, 2.75) is 13.0 Å². The molecule has 1 heterocycles. The normalized spacial score (nSPS) is 12.2. The van der Waals surface area contributed by atoms with E-state index in [4.69, 9.17) is 0 Å². The Labute approximate surface area is 131 Å². The molecule has 1 atom stereocenters. The second-order valence-corrected chi connectivity index (χ2v) is 6.67. The Kier molecular flexibility index (Phi) is 4.59. The van der Waals surface area contributed by atoms with E-state index in [1.165, 1.54) is 6.07 Å². The maximum absolute atomic E-state index is 10.9. The van der Waals surface area contributed by atoms with Crippen LogP contribution in [-0.2, 0) is 0 Å². The standard InChI is InChI=1S/C12H10Br2N2O2S/c1-7(12-4-8(13)6-19-12)15-9-2-3-10(14)11(5-9)16(17)18/h2-7,15H,1H3. The number of anilines is 1. The van der Waals surface area contributed by atoms with E-state index in [1.54, 1.807) is 17.4 Å². The third-order valence-electron chi connectivity index (χ3n) is 2.54. The second kappa shape index (κ2) is 6.02. The third kappa shape index (κ3) is 3.55. The molecule has 7 heteroatoms. The van der Waals surface area contributed by atoms with Crippen molar-refractivity contribution in [1.82, 2.24) is 0 Å². The zero-order chi connectivity index (χ0) is 14.0. The van der Waals surface area contributed by atoms with Gasteiger partial charge in [-0.05, 0) is 57.0 Å². The van der Waals surface area contributed by atoms with Gasteiger partial charge in [-0.2, -0.15) is 0 Å². The summed E-state index contributed by atoms with van der Waals surface area (Å²) in [4.78, 5) is 11.6. The van der Waals surface area contributed by atoms with Crippen LogP contribution in [0.15, 0.2) is 38.6 Å². The molecular weight excluding hydrogens is 396 g/mol. The molecule has 1 unspecified atom stereocenters. The number of nitrogens with zero attached hydrogens (tertiary/aromatic N) is 1. The fourth-order valence-electron chi connectivity index (χ4n) is 1.62. The second-order valence-electron chi connectivity index (χ2n) is 3.96. The van der Waals surface area contributed by atoms with Crippen molar-refractivity contribution in [1.29, 1.82) is 0 Å². The average Bonchev–Trinajstić information content (AvgIpc) is 2.78. The smallest absolute Gasteiger partial charge is 0.285 e. The minimum atomic E-state index is -0.401. The average molecular weight is 406 g/mol. The number of nitrogens with one attached hydrogen (secondary N) is 1. The molecule has 0 saturated heterocycles. The van der Waals surface area contributed by atoms with E-state index in [0.717, 1.165) is 15.0 Å². The van der Waals surface area contributed by atoms with E-state index >= 15 is 0 Å². The molecule has 1 aromatic heterocycles. The summed E-state index contributed by atoms with van der Waals surface area (Å²) in [6.45, 7) is 2.02. The first-order chi connectivity index (χ1) is 8.97. The van der Waals surface area contributed by atoms with Crippen molar-refractivity contribution in [3.05, 3.63) is 53.6 Å². The third-order valence-corrected chi connectivity index (χ3v) is 5.09. The van der Waals surface area contributed by atoms with Gasteiger partial charge in [-0.25, -0.2) is 0 Å². The molecular formula is C12H10Br2N2O2S. The molecule has 0 aliphatic rings. The van der Waals surface area contributed by atoms with Crippen molar-refractivity contribution in [2.75, 3.05) is 5.32 Å². The van der Waals surface area contributed by atoms with Crippen LogP contribution in [0.2, 0.25) is 0 Å². The number of nitro groups is 1. The zero-order valence-corrected chi connectivity index (χ0v) is 13.9. The van der Waals surface area contributed by atoms with E-state index in [2.05, 4.69) is 37.2 Å². The van der Waals surface area contributed by atoms with Gasteiger partial charge in [0.2, 0.25) is 0 Å². The van der Waals surface area contributed by atoms with E-state index in [1.807, 2.05) is 24.4 Å². The summed E-state index contributed by atoms with van der Waals surface area (Å²) in [7, 11) is 0. The van der Waals surface area contributed by atoms with Crippen LogP contribution in [0.4, 0.5) is 11.4 Å².